The molecule has 0 aliphatic heterocycles. The molecule has 0 aliphatic rings. The van der Waals surface area contributed by atoms with Crippen molar-refractivity contribution in [2.75, 3.05) is 6.61 Å². The zero-order chi connectivity index (χ0) is 12.5. The van der Waals surface area contributed by atoms with E-state index in [1.54, 1.807) is 13.1 Å². The Morgan fingerprint density at radius 2 is 2.47 bits per heavy atom. The number of amides is 1. The van der Waals surface area contributed by atoms with Crippen molar-refractivity contribution in [2.45, 2.75) is 33.1 Å². The maximum absolute atomic E-state index is 10.9. The third-order valence-electron chi connectivity index (χ3n) is 2.05. The van der Waals surface area contributed by atoms with E-state index in [9.17, 15) is 4.79 Å². The summed E-state index contributed by atoms with van der Waals surface area (Å²) in [6.45, 7) is 4.19. The Bertz CT molecular complexity index is 373. The Hall–Kier alpha value is -1.85. The van der Waals surface area contributed by atoms with Gasteiger partial charge in [0.05, 0.1) is 12.8 Å². The summed E-state index contributed by atoms with van der Waals surface area (Å²) in [5, 5.41) is 3.72. The number of hydrogen-bond donors (Lipinski definition) is 2. The van der Waals surface area contributed by atoms with Crippen LogP contribution in [0.3, 0.4) is 0 Å². The zero-order valence-electron chi connectivity index (χ0n) is 10.2. The van der Waals surface area contributed by atoms with Crippen molar-refractivity contribution >= 4 is 12.3 Å². The molecular formula is C11H18N4O2. The van der Waals surface area contributed by atoms with Gasteiger partial charge in [-0.05, 0) is 13.3 Å². The molecule has 0 fully saturated rings. The average Bonchev–Trinajstić information content (AvgIpc) is 2.75. The molecule has 1 amide bonds. The molecule has 0 radical (unpaired) electrons. The Balaban J connectivity index is 2.37. The third kappa shape index (κ3) is 5.14. The van der Waals surface area contributed by atoms with Gasteiger partial charge < -0.3 is 9.72 Å². The molecule has 1 rings (SSSR count). The maximum Gasteiger partial charge on any atom is 0.427 e. The first kappa shape index (κ1) is 13.2. The molecule has 2 N–H and O–H groups in total. The summed E-state index contributed by atoms with van der Waals surface area (Å²) in [7, 11) is 0. The molecule has 0 aliphatic carbocycles. The largest absolute Gasteiger partial charge is 0.449 e. The fourth-order valence-corrected chi connectivity index (χ4v) is 1.23. The standard InChI is InChI=1S/C11H18N4O2/c1-3-5-6-10-12-7-9(14-10)8-13-15-11(16)17-4-2/h7-8H,3-6H2,1-2H3,(H,12,14)(H,15,16)/b13-8-. The minimum atomic E-state index is -0.564. The van der Waals surface area contributed by atoms with Crippen LogP contribution in [0.1, 0.15) is 38.2 Å². The number of hydrazone groups is 1. The molecule has 0 bridgehead atoms. The van der Waals surface area contributed by atoms with Crippen molar-refractivity contribution in [1.29, 1.82) is 0 Å². The molecule has 6 nitrogen and oxygen atoms in total. The van der Waals surface area contributed by atoms with Gasteiger partial charge in [-0.25, -0.2) is 15.2 Å². The van der Waals surface area contributed by atoms with Crippen LogP contribution in [0, 0.1) is 0 Å². The Labute approximate surface area is 100 Å². The number of H-pyrrole nitrogens is 1. The van der Waals surface area contributed by atoms with Crippen molar-refractivity contribution in [2.24, 2.45) is 5.10 Å². The first-order valence-corrected chi connectivity index (χ1v) is 5.76. The quantitative estimate of drug-likeness (QED) is 0.586. The maximum atomic E-state index is 10.9. The van der Waals surface area contributed by atoms with Gasteiger partial charge in [-0.15, -0.1) is 0 Å². The highest BCUT2D eigenvalue weighted by molar-refractivity contribution is 5.78. The lowest BCUT2D eigenvalue weighted by molar-refractivity contribution is 0.152. The van der Waals surface area contributed by atoms with Crippen LogP contribution in [0.15, 0.2) is 11.3 Å². The summed E-state index contributed by atoms with van der Waals surface area (Å²) in [5.74, 6) is 0.935. The first-order chi connectivity index (χ1) is 8.26. The van der Waals surface area contributed by atoms with E-state index in [0.717, 1.165) is 25.1 Å². The monoisotopic (exact) mass is 238 g/mol. The number of unbranched alkanes of at least 4 members (excludes halogenated alkanes) is 1. The number of ether oxygens (including phenoxy) is 1. The van der Waals surface area contributed by atoms with E-state index in [2.05, 4.69) is 32.2 Å². The van der Waals surface area contributed by atoms with Crippen LogP contribution in [0.2, 0.25) is 0 Å². The molecule has 0 atom stereocenters. The first-order valence-electron chi connectivity index (χ1n) is 5.76. The lowest BCUT2D eigenvalue weighted by atomic mass is 10.2. The highest BCUT2D eigenvalue weighted by Gasteiger charge is 1.99. The van der Waals surface area contributed by atoms with E-state index in [1.807, 2.05) is 0 Å². The van der Waals surface area contributed by atoms with Crippen molar-refractivity contribution in [3.63, 3.8) is 0 Å². The average molecular weight is 238 g/mol. The van der Waals surface area contributed by atoms with Gasteiger partial charge in [0.25, 0.3) is 0 Å². The number of nitrogens with zero attached hydrogens (tertiary/aromatic N) is 2. The highest BCUT2D eigenvalue weighted by atomic mass is 16.5. The Morgan fingerprint density at radius 1 is 1.65 bits per heavy atom. The van der Waals surface area contributed by atoms with Crippen molar-refractivity contribution in [3.8, 4) is 0 Å². The predicted octanol–water partition coefficient (Wildman–Crippen LogP) is 1.83. The van der Waals surface area contributed by atoms with Crippen LogP contribution in [-0.2, 0) is 11.2 Å². The number of aryl methyl sites for hydroxylation is 1. The van der Waals surface area contributed by atoms with Gasteiger partial charge in [-0.2, -0.15) is 5.10 Å². The van der Waals surface area contributed by atoms with Crippen LogP contribution >= 0.6 is 0 Å². The van der Waals surface area contributed by atoms with Gasteiger partial charge in [0.1, 0.15) is 11.5 Å². The molecule has 0 saturated heterocycles. The summed E-state index contributed by atoms with van der Waals surface area (Å²) in [5.41, 5.74) is 2.93. The molecule has 0 saturated carbocycles. The predicted molar refractivity (Wildman–Crippen MR) is 65.0 cm³/mol. The van der Waals surface area contributed by atoms with E-state index >= 15 is 0 Å². The van der Waals surface area contributed by atoms with Crippen LogP contribution in [0.4, 0.5) is 4.79 Å². The molecule has 0 aromatic carbocycles. The molecule has 17 heavy (non-hydrogen) atoms. The Kier molecular flexibility index (Phi) is 5.77. The number of aromatic amines is 1. The van der Waals surface area contributed by atoms with Gasteiger partial charge in [0, 0.05) is 12.6 Å². The van der Waals surface area contributed by atoms with Gasteiger partial charge in [-0.1, -0.05) is 13.3 Å². The van der Waals surface area contributed by atoms with E-state index in [0.29, 0.717) is 12.3 Å². The summed E-state index contributed by atoms with van der Waals surface area (Å²) in [6.07, 6.45) is 5.82. The minimum absolute atomic E-state index is 0.324. The molecule has 1 aromatic heterocycles. The lowest BCUT2D eigenvalue weighted by Gasteiger charge is -1.97. The number of aromatic nitrogens is 2. The topological polar surface area (TPSA) is 79.4 Å². The minimum Gasteiger partial charge on any atom is -0.449 e. The molecule has 1 heterocycles. The van der Waals surface area contributed by atoms with E-state index in [4.69, 9.17) is 0 Å². The molecule has 6 heteroatoms. The number of hydrogen-bond acceptors (Lipinski definition) is 4. The van der Waals surface area contributed by atoms with Crippen LogP contribution < -0.4 is 5.43 Å². The zero-order valence-corrected chi connectivity index (χ0v) is 10.2. The van der Waals surface area contributed by atoms with Gasteiger partial charge >= 0.3 is 6.09 Å². The van der Waals surface area contributed by atoms with E-state index < -0.39 is 6.09 Å². The van der Waals surface area contributed by atoms with Crippen molar-refractivity contribution in [1.82, 2.24) is 15.4 Å². The Morgan fingerprint density at radius 3 is 3.18 bits per heavy atom. The van der Waals surface area contributed by atoms with Crippen LogP contribution in [-0.4, -0.2) is 28.9 Å². The SMILES string of the molecule is CCCCc1nc(/C=N\NC(=O)OCC)c[nH]1. The second kappa shape index (κ2) is 7.43. The van der Waals surface area contributed by atoms with Crippen LogP contribution in [0.25, 0.3) is 0 Å². The number of imidazole rings is 1. The number of carbonyl (C=O) groups excluding carboxylic acids is 1. The normalized spacial score (nSPS) is 10.7. The lowest BCUT2D eigenvalue weighted by Crippen LogP contribution is -2.18. The van der Waals surface area contributed by atoms with Gasteiger partial charge in [0.15, 0.2) is 0 Å². The molecule has 0 unspecified atom stereocenters. The summed E-state index contributed by atoms with van der Waals surface area (Å²) in [6, 6.07) is 0. The summed E-state index contributed by atoms with van der Waals surface area (Å²) in [4.78, 5) is 18.3. The van der Waals surface area contributed by atoms with E-state index in [-0.39, 0.29) is 0 Å². The molecule has 0 spiro atoms. The van der Waals surface area contributed by atoms with E-state index in [1.165, 1.54) is 6.21 Å². The number of nitrogens with one attached hydrogen (secondary N) is 2. The number of rotatable bonds is 6. The van der Waals surface area contributed by atoms with Crippen molar-refractivity contribution < 1.29 is 9.53 Å². The second-order valence-electron chi connectivity index (χ2n) is 3.47. The van der Waals surface area contributed by atoms with Gasteiger partial charge in [0.2, 0.25) is 0 Å². The highest BCUT2D eigenvalue weighted by Crippen LogP contribution is 2.00. The summed E-state index contributed by atoms with van der Waals surface area (Å²) < 4.78 is 4.65. The van der Waals surface area contributed by atoms with Gasteiger partial charge in [-0.3, -0.25) is 0 Å². The molecule has 94 valence electrons. The molecular weight excluding hydrogens is 220 g/mol. The smallest absolute Gasteiger partial charge is 0.427 e. The number of carbonyl (C=O) groups is 1. The summed E-state index contributed by atoms with van der Waals surface area (Å²) >= 11 is 0. The fraction of sp³-hybridized carbons (Fsp3) is 0.545. The molecule has 1 aromatic rings. The van der Waals surface area contributed by atoms with Crippen molar-refractivity contribution in [3.05, 3.63) is 17.7 Å². The third-order valence-corrected chi connectivity index (χ3v) is 2.05. The second-order valence-corrected chi connectivity index (χ2v) is 3.47. The van der Waals surface area contributed by atoms with Crippen LogP contribution in [0.5, 0.6) is 0 Å². The fourth-order valence-electron chi connectivity index (χ4n) is 1.23.